The summed E-state index contributed by atoms with van der Waals surface area (Å²) < 4.78 is 66.8. The number of fused-ring (bicyclic) bond motifs is 1. The monoisotopic (exact) mass is 659 g/mol. The number of quaternary nitrogens is 1. The third-order valence-electron chi connectivity index (χ3n) is 11.3. The van der Waals surface area contributed by atoms with Gasteiger partial charge in [-0.05, 0) is 81.8 Å². The first-order chi connectivity index (χ1) is 22.4. The standard InChI is InChI=1S/C35H47F4N6O2/c1-33(36)11-13-42(14-12-33)20-26-17-29(35(37,38)39)30-22-43(32(46)44(30)21-26)28-10-8-9-27(18-28)34(23-47-24-34)19-31-41(2)25-40-45(31)15-6-4-3-5-7-16-45/h8-10,17-18,21-22,31,40H,3-7,11-16,19-20,23-25H2,1-2H3/q+1. The van der Waals surface area contributed by atoms with E-state index >= 15 is 0 Å². The maximum Gasteiger partial charge on any atom is 0.418 e. The van der Waals surface area contributed by atoms with E-state index in [0.29, 0.717) is 50.4 Å². The fraction of sp³-hybridized carbons (Fsp3) is 0.629. The van der Waals surface area contributed by atoms with Gasteiger partial charge in [0.2, 0.25) is 0 Å². The minimum absolute atomic E-state index is 0.185. The van der Waals surface area contributed by atoms with Crippen LogP contribution in [0.15, 0.2) is 47.5 Å². The van der Waals surface area contributed by atoms with Gasteiger partial charge in [0.05, 0.1) is 43.1 Å². The minimum atomic E-state index is -4.65. The summed E-state index contributed by atoms with van der Waals surface area (Å²) in [7, 11) is 2.18. The normalized spacial score (nSPS) is 25.1. The molecule has 4 saturated heterocycles. The number of benzene rings is 1. The van der Waals surface area contributed by atoms with Crippen molar-refractivity contribution < 1.29 is 26.9 Å². The second-order valence-electron chi connectivity index (χ2n) is 14.8. The average Bonchev–Trinajstić information content (AvgIpc) is 3.49. The number of nitrogens with one attached hydrogen (secondary N) is 1. The van der Waals surface area contributed by atoms with Crippen molar-refractivity contribution in [3.8, 4) is 5.69 Å². The highest BCUT2D eigenvalue weighted by Gasteiger charge is 2.52. The Balaban J connectivity index is 1.21. The molecule has 2 aromatic heterocycles. The zero-order chi connectivity index (χ0) is 33.0. The van der Waals surface area contributed by atoms with Crippen LogP contribution in [0.3, 0.4) is 0 Å². The Morgan fingerprint density at radius 2 is 1.72 bits per heavy atom. The summed E-state index contributed by atoms with van der Waals surface area (Å²) in [5, 5.41) is 0. The van der Waals surface area contributed by atoms with Gasteiger partial charge in [0.15, 0.2) is 6.17 Å². The van der Waals surface area contributed by atoms with Gasteiger partial charge in [-0.3, -0.25) is 13.9 Å². The lowest BCUT2D eigenvalue weighted by Gasteiger charge is -2.48. The van der Waals surface area contributed by atoms with E-state index in [-0.39, 0.29) is 23.6 Å². The zero-order valence-electron chi connectivity index (χ0n) is 27.5. The van der Waals surface area contributed by atoms with Crippen molar-refractivity contribution >= 4 is 5.52 Å². The van der Waals surface area contributed by atoms with Crippen molar-refractivity contribution in [3.63, 3.8) is 0 Å². The third-order valence-corrected chi connectivity index (χ3v) is 11.3. The predicted molar refractivity (Wildman–Crippen MR) is 172 cm³/mol. The molecular weight excluding hydrogens is 612 g/mol. The highest BCUT2D eigenvalue weighted by Crippen LogP contribution is 2.42. The van der Waals surface area contributed by atoms with Crippen LogP contribution in [0.4, 0.5) is 17.6 Å². The van der Waals surface area contributed by atoms with Crippen LogP contribution in [0, 0.1) is 0 Å². The molecule has 0 amide bonds. The van der Waals surface area contributed by atoms with Gasteiger partial charge < -0.3 is 4.74 Å². The number of piperidine rings is 1. The maximum absolute atomic E-state index is 14.4. The largest absolute Gasteiger partial charge is 0.418 e. The number of halogens is 4. The van der Waals surface area contributed by atoms with E-state index in [1.807, 2.05) is 17.0 Å². The second-order valence-corrected chi connectivity index (χ2v) is 14.8. The van der Waals surface area contributed by atoms with Crippen LogP contribution in [-0.4, -0.2) is 88.3 Å². The van der Waals surface area contributed by atoms with Gasteiger partial charge in [0, 0.05) is 43.9 Å². The van der Waals surface area contributed by atoms with Gasteiger partial charge in [-0.25, -0.2) is 18.7 Å². The number of aromatic nitrogens is 2. The summed E-state index contributed by atoms with van der Waals surface area (Å²) in [5.74, 6) is 0. The number of pyridine rings is 1. The van der Waals surface area contributed by atoms with Crippen LogP contribution in [0.2, 0.25) is 0 Å². The van der Waals surface area contributed by atoms with Crippen molar-refractivity contribution in [3.05, 3.63) is 69.9 Å². The van der Waals surface area contributed by atoms with Crippen molar-refractivity contribution in [2.24, 2.45) is 0 Å². The Kier molecular flexibility index (Phi) is 8.56. The quantitative estimate of drug-likeness (QED) is 0.276. The number of hydrogen-bond acceptors (Lipinski definition) is 5. The van der Waals surface area contributed by atoms with E-state index < -0.39 is 23.1 Å². The lowest BCUT2D eigenvalue weighted by molar-refractivity contribution is -0.985. The van der Waals surface area contributed by atoms with E-state index in [4.69, 9.17) is 4.74 Å². The second kappa shape index (κ2) is 12.3. The van der Waals surface area contributed by atoms with E-state index in [9.17, 15) is 22.4 Å². The molecule has 0 saturated carbocycles. The molecule has 4 fully saturated rings. The fourth-order valence-electron chi connectivity index (χ4n) is 8.32. The van der Waals surface area contributed by atoms with Gasteiger partial charge in [-0.15, -0.1) is 0 Å². The molecule has 6 heterocycles. The highest BCUT2D eigenvalue weighted by atomic mass is 19.4. The Hall–Kier alpha value is -2.77. The molecule has 1 spiro atoms. The number of alkyl halides is 4. The number of imidazole rings is 1. The van der Waals surface area contributed by atoms with Crippen LogP contribution in [0.25, 0.3) is 11.2 Å². The predicted octanol–water partition coefficient (Wildman–Crippen LogP) is 5.61. The molecule has 0 aliphatic carbocycles. The first-order valence-corrected chi connectivity index (χ1v) is 17.1. The molecular formula is C35H47F4N6O2+. The van der Waals surface area contributed by atoms with Crippen LogP contribution in [-0.2, 0) is 22.9 Å². The summed E-state index contributed by atoms with van der Waals surface area (Å²) in [6, 6.07) is 8.83. The van der Waals surface area contributed by atoms with Crippen molar-refractivity contribution in [1.29, 1.82) is 0 Å². The van der Waals surface area contributed by atoms with Gasteiger partial charge in [0.1, 0.15) is 12.3 Å². The number of likely N-dealkylation sites (tertiary alicyclic amines) is 1. The molecule has 0 bridgehead atoms. The van der Waals surface area contributed by atoms with E-state index in [1.54, 1.807) is 13.0 Å². The molecule has 1 atom stereocenters. The smallest absolute Gasteiger partial charge is 0.379 e. The molecule has 7 rings (SSSR count). The van der Waals surface area contributed by atoms with Crippen LogP contribution >= 0.6 is 0 Å². The molecule has 47 heavy (non-hydrogen) atoms. The third kappa shape index (κ3) is 6.27. The molecule has 4 aliphatic heterocycles. The van der Waals surface area contributed by atoms with Gasteiger partial charge >= 0.3 is 11.9 Å². The van der Waals surface area contributed by atoms with Crippen molar-refractivity contribution in [2.45, 2.75) is 88.3 Å². The summed E-state index contributed by atoms with van der Waals surface area (Å²) in [6.07, 6.45) is 6.16. The minimum Gasteiger partial charge on any atom is -0.379 e. The lowest BCUT2D eigenvalue weighted by atomic mass is 9.74. The number of ether oxygens (including phenoxy) is 1. The zero-order valence-corrected chi connectivity index (χ0v) is 27.5. The summed E-state index contributed by atoms with van der Waals surface area (Å²) in [5.41, 5.74) is 2.68. The first-order valence-electron chi connectivity index (χ1n) is 17.1. The number of nitrogens with zero attached hydrogens (tertiary/aromatic N) is 5. The Labute approximate surface area is 273 Å². The molecule has 4 aliphatic rings. The van der Waals surface area contributed by atoms with Gasteiger partial charge in [-0.1, -0.05) is 18.6 Å². The highest BCUT2D eigenvalue weighted by molar-refractivity contribution is 5.58. The first kappa shape index (κ1) is 32.8. The molecule has 1 aromatic carbocycles. The summed E-state index contributed by atoms with van der Waals surface area (Å²) in [4.78, 5) is 18.2. The summed E-state index contributed by atoms with van der Waals surface area (Å²) >= 11 is 0. The molecule has 3 aromatic rings. The van der Waals surface area contributed by atoms with Crippen molar-refractivity contribution in [2.75, 3.05) is 53.1 Å². The van der Waals surface area contributed by atoms with Gasteiger partial charge in [0.25, 0.3) is 0 Å². The Morgan fingerprint density at radius 3 is 2.38 bits per heavy atom. The lowest BCUT2D eigenvalue weighted by Crippen LogP contribution is -2.64. The van der Waals surface area contributed by atoms with E-state index in [1.165, 1.54) is 49.1 Å². The molecule has 8 nitrogen and oxygen atoms in total. The average molecular weight is 660 g/mol. The van der Waals surface area contributed by atoms with E-state index in [2.05, 4.69) is 23.4 Å². The number of rotatable bonds is 6. The molecule has 256 valence electrons. The Morgan fingerprint density at radius 1 is 1.02 bits per heavy atom. The van der Waals surface area contributed by atoms with Crippen LogP contribution in [0.1, 0.15) is 75.0 Å². The van der Waals surface area contributed by atoms with Crippen molar-refractivity contribution in [1.82, 2.24) is 24.2 Å². The SMILES string of the molecule is CN1CN[N+]2(CCCCCCC2)C1CC1(c2cccc(-n3cc4c(C(F)(F)F)cc(CN5CCC(C)(F)CC5)cn4c3=O)c2)COC1. The summed E-state index contributed by atoms with van der Waals surface area (Å²) in [6.45, 7) is 6.82. The van der Waals surface area contributed by atoms with Crippen LogP contribution in [0.5, 0.6) is 0 Å². The maximum atomic E-state index is 14.4. The molecule has 1 unspecified atom stereocenters. The van der Waals surface area contributed by atoms with E-state index in [0.717, 1.165) is 46.8 Å². The van der Waals surface area contributed by atoms with Gasteiger partial charge in [-0.2, -0.15) is 18.6 Å². The molecule has 12 heteroatoms. The van der Waals surface area contributed by atoms with Crippen LogP contribution < -0.4 is 11.1 Å². The topological polar surface area (TPSA) is 54.2 Å². The fourth-order valence-corrected chi connectivity index (χ4v) is 8.32. The molecule has 0 radical (unpaired) electrons. The molecule has 1 N–H and O–H groups in total. The Bertz CT molecular complexity index is 1640. The number of hydrogen-bond donors (Lipinski definition) is 1.